The zero-order valence-corrected chi connectivity index (χ0v) is 15.1. The van der Waals surface area contributed by atoms with E-state index in [0.29, 0.717) is 13.2 Å². The fourth-order valence-electron chi connectivity index (χ4n) is 3.21. The second-order valence-corrected chi connectivity index (χ2v) is 6.94. The zero-order valence-electron chi connectivity index (χ0n) is 15.1. The Balaban J connectivity index is 1.37. The van der Waals surface area contributed by atoms with Gasteiger partial charge in [-0.25, -0.2) is 0 Å². The Morgan fingerprint density at radius 2 is 1.30 bits per heavy atom. The molecule has 0 aromatic heterocycles. The molecule has 1 aliphatic rings. The normalized spacial score (nSPS) is 14.4. The maximum absolute atomic E-state index is 12.6. The van der Waals surface area contributed by atoms with Gasteiger partial charge in [0.05, 0.1) is 5.41 Å². The molecule has 0 unspecified atom stereocenters. The minimum atomic E-state index is -0.479. The zero-order chi connectivity index (χ0) is 18.5. The van der Waals surface area contributed by atoms with E-state index in [1.165, 1.54) is 0 Å². The smallest absolute Gasteiger partial charge is 0.316 e. The van der Waals surface area contributed by atoms with Gasteiger partial charge in [-0.15, -0.1) is 0 Å². The van der Waals surface area contributed by atoms with Gasteiger partial charge in [-0.1, -0.05) is 72.8 Å². The summed E-state index contributed by atoms with van der Waals surface area (Å²) in [5.41, 5.74) is 2.66. The molecule has 3 heteroatoms. The molecule has 0 amide bonds. The lowest BCUT2D eigenvalue weighted by atomic mass is 9.96. The summed E-state index contributed by atoms with van der Waals surface area (Å²) in [5.74, 6) is 0.667. The van der Waals surface area contributed by atoms with Crippen molar-refractivity contribution < 1.29 is 14.3 Å². The number of carbonyl (C=O) groups excluding carboxylic acids is 1. The first kappa shape index (κ1) is 17.3. The van der Waals surface area contributed by atoms with Crippen molar-refractivity contribution in [3.05, 3.63) is 102 Å². The van der Waals surface area contributed by atoms with Crippen LogP contribution >= 0.6 is 0 Å². The van der Waals surface area contributed by atoms with Gasteiger partial charge < -0.3 is 9.47 Å². The molecule has 1 fully saturated rings. The average Bonchev–Trinajstić information content (AvgIpc) is 3.54. The number of ether oxygens (including phenoxy) is 2. The summed E-state index contributed by atoms with van der Waals surface area (Å²) in [7, 11) is 0. The first-order valence-electron chi connectivity index (χ1n) is 9.25. The second kappa shape index (κ2) is 7.67. The van der Waals surface area contributed by atoms with Gasteiger partial charge in [-0.05, 0) is 41.7 Å². The van der Waals surface area contributed by atoms with Crippen LogP contribution in [0.2, 0.25) is 0 Å². The third-order valence-corrected chi connectivity index (χ3v) is 5.01. The maximum atomic E-state index is 12.6. The second-order valence-electron chi connectivity index (χ2n) is 6.94. The molecule has 27 heavy (non-hydrogen) atoms. The van der Waals surface area contributed by atoms with E-state index in [4.69, 9.17) is 9.47 Å². The molecule has 0 radical (unpaired) electrons. The molecular weight excluding hydrogens is 336 g/mol. The minimum Gasteiger partial charge on any atom is -0.489 e. The molecule has 0 atom stereocenters. The van der Waals surface area contributed by atoms with Crippen molar-refractivity contribution in [1.82, 2.24) is 0 Å². The molecule has 0 bridgehead atoms. The van der Waals surface area contributed by atoms with Crippen LogP contribution in [0.5, 0.6) is 5.75 Å². The van der Waals surface area contributed by atoms with Crippen molar-refractivity contribution in [2.45, 2.75) is 31.5 Å². The van der Waals surface area contributed by atoms with E-state index >= 15 is 0 Å². The third kappa shape index (κ3) is 4.03. The quantitative estimate of drug-likeness (QED) is 0.555. The first-order valence-corrected chi connectivity index (χ1v) is 9.25. The predicted molar refractivity (Wildman–Crippen MR) is 104 cm³/mol. The van der Waals surface area contributed by atoms with Gasteiger partial charge in [-0.3, -0.25) is 4.79 Å². The van der Waals surface area contributed by atoms with Crippen LogP contribution in [0.4, 0.5) is 0 Å². The summed E-state index contributed by atoms with van der Waals surface area (Å²) < 4.78 is 11.4. The summed E-state index contributed by atoms with van der Waals surface area (Å²) >= 11 is 0. The molecule has 0 N–H and O–H groups in total. The Morgan fingerprint density at radius 3 is 1.85 bits per heavy atom. The molecule has 0 saturated heterocycles. The summed E-state index contributed by atoms with van der Waals surface area (Å²) in [6.45, 7) is 0.851. The molecule has 0 spiro atoms. The minimum absolute atomic E-state index is 0.135. The number of hydrogen-bond acceptors (Lipinski definition) is 3. The van der Waals surface area contributed by atoms with Crippen molar-refractivity contribution >= 4 is 5.97 Å². The van der Waals surface area contributed by atoms with Gasteiger partial charge in [0.2, 0.25) is 0 Å². The monoisotopic (exact) mass is 358 g/mol. The van der Waals surface area contributed by atoms with Crippen molar-refractivity contribution in [3.8, 4) is 5.75 Å². The number of rotatable bonds is 7. The van der Waals surface area contributed by atoms with Crippen molar-refractivity contribution in [1.29, 1.82) is 0 Å². The summed E-state index contributed by atoms with van der Waals surface area (Å²) in [6, 6.07) is 27.7. The summed E-state index contributed by atoms with van der Waals surface area (Å²) in [4.78, 5) is 12.6. The maximum Gasteiger partial charge on any atom is 0.316 e. The van der Waals surface area contributed by atoms with Crippen LogP contribution in [0, 0.1) is 0 Å². The van der Waals surface area contributed by atoms with Crippen LogP contribution in [0.25, 0.3) is 0 Å². The highest BCUT2D eigenvalue weighted by Gasteiger charge is 2.52. The Bertz CT molecular complexity index is 882. The number of esters is 1. The summed E-state index contributed by atoms with van der Waals surface area (Å²) in [5, 5.41) is 0. The van der Waals surface area contributed by atoms with Gasteiger partial charge in [0.1, 0.15) is 19.0 Å². The van der Waals surface area contributed by atoms with Gasteiger partial charge in [0, 0.05) is 0 Å². The molecule has 4 rings (SSSR count). The Kier molecular flexibility index (Phi) is 4.93. The van der Waals surface area contributed by atoms with E-state index in [0.717, 1.165) is 35.3 Å². The third-order valence-electron chi connectivity index (χ3n) is 5.01. The molecule has 0 heterocycles. The molecule has 3 aromatic rings. The van der Waals surface area contributed by atoms with Crippen molar-refractivity contribution in [2.75, 3.05) is 0 Å². The van der Waals surface area contributed by atoms with Crippen LogP contribution < -0.4 is 4.74 Å². The Labute approximate surface area is 159 Å². The standard InChI is InChI=1S/C24H22O3/c25-23(27-18-20-9-5-2-6-10-20)24(15-16-24)21-11-13-22(14-12-21)26-17-19-7-3-1-4-8-19/h1-14H,15-18H2. The lowest BCUT2D eigenvalue weighted by molar-refractivity contribution is -0.148. The molecule has 3 nitrogen and oxygen atoms in total. The molecule has 0 aliphatic heterocycles. The van der Waals surface area contributed by atoms with Crippen LogP contribution in [0.15, 0.2) is 84.9 Å². The van der Waals surface area contributed by atoms with Crippen LogP contribution in [0.1, 0.15) is 29.5 Å². The predicted octanol–water partition coefficient (Wildman–Crippen LogP) is 5.04. The van der Waals surface area contributed by atoms with E-state index < -0.39 is 5.41 Å². The van der Waals surface area contributed by atoms with Gasteiger partial charge >= 0.3 is 5.97 Å². The topological polar surface area (TPSA) is 35.5 Å². The van der Waals surface area contributed by atoms with E-state index in [9.17, 15) is 4.79 Å². The van der Waals surface area contributed by atoms with E-state index in [1.807, 2.05) is 84.9 Å². The van der Waals surface area contributed by atoms with Gasteiger partial charge in [-0.2, -0.15) is 0 Å². The van der Waals surface area contributed by atoms with Crippen molar-refractivity contribution in [2.24, 2.45) is 0 Å². The number of hydrogen-bond donors (Lipinski definition) is 0. The lowest BCUT2D eigenvalue weighted by Crippen LogP contribution is -2.23. The number of benzene rings is 3. The van der Waals surface area contributed by atoms with Crippen molar-refractivity contribution in [3.63, 3.8) is 0 Å². The largest absolute Gasteiger partial charge is 0.489 e. The fourth-order valence-corrected chi connectivity index (χ4v) is 3.21. The highest BCUT2D eigenvalue weighted by molar-refractivity contribution is 5.86. The fraction of sp³-hybridized carbons (Fsp3) is 0.208. The Hall–Kier alpha value is -3.07. The molecular formula is C24H22O3. The van der Waals surface area contributed by atoms with E-state index in [1.54, 1.807) is 0 Å². The van der Waals surface area contributed by atoms with Crippen LogP contribution in [-0.2, 0) is 28.2 Å². The molecule has 3 aromatic carbocycles. The molecule has 136 valence electrons. The van der Waals surface area contributed by atoms with Gasteiger partial charge in [0.15, 0.2) is 0 Å². The SMILES string of the molecule is O=C(OCc1ccccc1)C1(c2ccc(OCc3ccccc3)cc2)CC1. The van der Waals surface area contributed by atoms with Gasteiger partial charge in [0.25, 0.3) is 0 Å². The van der Waals surface area contributed by atoms with E-state index in [-0.39, 0.29) is 5.97 Å². The summed E-state index contributed by atoms with van der Waals surface area (Å²) in [6.07, 6.45) is 1.68. The highest BCUT2D eigenvalue weighted by Crippen LogP contribution is 2.49. The van der Waals surface area contributed by atoms with Crippen LogP contribution in [0.3, 0.4) is 0 Å². The first-order chi connectivity index (χ1) is 13.3. The molecule has 1 saturated carbocycles. The highest BCUT2D eigenvalue weighted by atomic mass is 16.5. The van der Waals surface area contributed by atoms with E-state index in [2.05, 4.69) is 0 Å². The number of carbonyl (C=O) groups is 1. The molecule has 1 aliphatic carbocycles. The Morgan fingerprint density at radius 1 is 0.741 bits per heavy atom. The lowest BCUT2D eigenvalue weighted by Gasteiger charge is -2.16. The van der Waals surface area contributed by atoms with Crippen LogP contribution in [-0.4, -0.2) is 5.97 Å². The average molecular weight is 358 g/mol.